The second-order valence-corrected chi connectivity index (χ2v) is 8.34. The van der Waals surface area contributed by atoms with Gasteiger partial charge in [0.25, 0.3) is 0 Å². The molecule has 1 aromatic carbocycles. The van der Waals surface area contributed by atoms with Gasteiger partial charge >= 0.3 is 5.69 Å². The fourth-order valence-electron chi connectivity index (χ4n) is 4.64. The van der Waals surface area contributed by atoms with Crippen molar-refractivity contribution in [3.63, 3.8) is 0 Å². The second kappa shape index (κ2) is 6.99. The molecule has 1 aliphatic rings. The monoisotopic (exact) mass is 410 g/mol. The first-order valence-corrected chi connectivity index (χ1v) is 10.6. The Morgan fingerprint density at radius 1 is 1.00 bits per heavy atom. The van der Waals surface area contributed by atoms with Crippen LogP contribution in [-0.4, -0.2) is 49.5 Å². The molecule has 0 spiro atoms. The van der Waals surface area contributed by atoms with Crippen LogP contribution in [-0.2, 0) is 0 Å². The molecule has 0 aliphatic carbocycles. The van der Waals surface area contributed by atoms with E-state index in [-0.39, 0.29) is 11.7 Å². The number of piperidine rings is 1. The zero-order valence-corrected chi connectivity index (χ0v) is 17.2. The topological polar surface area (TPSA) is 79.7 Å². The number of benzene rings is 1. The van der Waals surface area contributed by atoms with Crippen LogP contribution in [0.4, 0.5) is 0 Å². The molecule has 1 aliphatic heterocycles. The molecule has 154 valence electrons. The summed E-state index contributed by atoms with van der Waals surface area (Å²) in [7, 11) is 2.12. The van der Waals surface area contributed by atoms with Crippen molar-refractivity contribution in [3.05, 3.63) is 65.3 Å². The first-order valence-electron chi connectivity index (χ1n) is 10.6. The van der Waals surface area contributed by atoms with Gasteiger partial charge in [0.05, 0.1) is 34.0 Å². The van der Waals surface area contributed by atoms with Crippen LogP contribution >= 0.6 is 0 Å². The molecule has 1 saturated heterocycles. The van der Waals surface area contributed by atoms with Crippen molar-refractivity contribution in [3.8, 4) is 11.3 Å². The molecule has 0 unspecified atom stereocenters. The number of H-pyrrole nitrogens is 1. The largest absolute Gasteiger partial charge is 0.326 e. The average molecular weight is 410 g/mol. The lowest BCUT2D eigenvalue weighted by atomic mass is 10.0. The molecule has 7 nitrogen and oxygen atoms in total. The number of imidazole rings is 1. The molecule has 0 saturated carbocycles. The number of para-hydroxylation sites is 1. The number of aromatic amines is 1. The van der Waals surface area contributed by atoms with E-state index in [2.05, 4.69) is 39.0 Å². The predicted molar refractivity (Wildman–Crippen MR) is 122 cm³/mol. The Labute approximate surface area is 178 Å². The van der Waals surface area contributed by atoms with E-state index in [1.165, 1.54) is 0 Å². The van der Waals surface area contributed by atoms with Gasteiger partial charge in [-0.3, -0.25) is 14.5 Å². The van der Waals surface area contributed by atoms with E-state index in [9.17, 15) is 4.79 Å². The molecule has 0 bridgehead atoms. The fourth-order valence-corrected chi connectivity index (χ4v) is 4.64. The van der Waals surface area contributed by atoms with Crippen molar-refractivity contribution in [1.82, 2.24) is 29.4 Å². The molecule has 7 heteroatoms. The van der Waals surface area contributed by atoms with E-state index >= 15 is 0 Å². The second-order valence-electron chi connectivity index (χ2n) is 8.34. The summed E-state index contributed by atoms with van der Waals surface area (Å²) in [5, 5.41) is 1.07. The van der Waals surface area contributed by atoms with Crippen molar-refractivity contribution < 1.29 is 0 Å². The number of rotatable bonds is 2. The smallest absolute Gasteiger partial charge is 0.306 e. The summed E-state index contributed by atoms with van der Waals surface area (Å²) in [6.45, 7) is 1.96. The normalized spacial score (nSPS) is 15.9. The molecule has 1 N–H and O–H groups in total. The van der Waals surface area contributed by atoms with E-state index in [0.717, 1.165) is 70.2 Å². The van der Waals surface area contributed by atoms with Gasteiger partial charge < -0.3 is 9.88 Å². The van der Waals surface area contributed by atoms with Crippen LogP contribution < -0.4 is 5.69 Å². The summed E-state index contributed by atoms with van der Waals surface area (Å²) < 4.78 is 1.90. The molecule has 1 fully saturated rings. The number of nitrogens with one attached hydrogen (secondary N) is 1. The van der Waals surface area contributed by atoms with Crippen LogP contribution in [0.3, 0.4) is 0 Å². The van der Waals surface area contributed by atoms with Gasteiger partial charge in [0.15, 0.2) is 0 Å². The number of hydrogen-bond donors (Lipinski definition) is 1. The van der Waals surface area contributed by atoms with Gasteiger partial charge in [-0.15, -0.1) is 0 Å². The molecular weight excluding hydrogens is 388 g/mol. The number of aromatic nitrogens is 5. The van der Waals surface area contributed by atoms with Crippen LogP contribution in [0.2, 0.25) is 0 Å². The molecular formula is C24H22N6O. The van der Waals surface area contributed by atoms with Gasteiger partial charge in [-0.25, -0.2) is 9.78 Å². The number of nitrogens with zero attached hydrogens (tertiary/aromatic N) is 5. The average Bonchev–Trinajstić information content (AvgIpc) is 3.15. The van der Waals surface area contributed by atoms with Crippen molar-refractivity contribution in [2.75, 3.05) is 20.1 Å². The van der Waals surface area contributed by atoms with Crippen LogP contribution in [0.25, 0.3) is 44.2 Å². The molecule has 5 heterocycles. The highest BCUT2D eigenvalue weighted by Crippen LogP contribution is 2.29. The maximum atomic E-state index is 12.9. The maximum Gasteiger partial charge on any atom is 0.326 e. The standard InChI is InChI=1S/C24H22N6O/c1-29-10-8-17(9-11-29)30-23-21(28-24(30)31)14-26-20-7-6-19(27-22(20)23)16-12-15-4-2-3-5-18(15)25-13-16/h2-7,12-14,17H,8-11H2,1H3,(H,28,31). The molecule has 0 atom stereocenters. The summed E-state index contributed by atoms with van der Waals surface area (Å²) in [5.74, 6) is 0. The van der Waals surface area contributed by atoms with E-state index in [1.54, 1.807) is 6.20 Å². The molecule has 5 aromatic rings. The highest BCUT2D eigenvalue weighted by atomic mass is 16.1. The minimum Gasteiger partial charge on any atom is -0.306 e. The van der Waals surface area contributed by atoms with Gasteiger partial charge in [-0.2, -0.15) is 0 Å². The third-order valence-electron chi connectivity index (χ3n) is 6.33. The van der Waals surface area contributed by atoms with Crippen LogP contribution in [0.1, 0.15) is 18.9 Å². The van der Waals surface area contributed by atoms with Gasteiger partial charge in [0, 0.05) is 23.2 Å². The Morgan fingerprint density at radius 2 is 1.81 bits per heavy atom. The van der Waals surface area contributed by atoms with Gasteiger partial charge in [-0.1, -0.05) is 18.2 Å². The summed E-state index contributed by atoms with van der Waals surface area (Å²) in [4.78, 5) is 32.3. The Balaban J connectivity index is 1.55. The number of likely N-dealkylation sites (tertiary alicyclic amines) is 1. The number of pyridine rings is 3. The van der Waals surface area contributed by atoms with E-state index in [0.29, 0.717) is 0 Å². The summed E-state index contributed by atoms with van der Waals surface area (Å²) in [5.41, 5.74) is 5.75. The minimum atomic E-state index is -0.0848. The molecule has 31 heavy (non-hydrogen) atoms. The molecule has 0 radical (unpaired) electrons. The van der Waals surface area contributed by atoms with Crippen LogP contribution in [0, 0.1) is 0 Å². The third-order valence-corrected chi connectivity index (χ3v) is 6.33. The van der Waals surface area contributed by atoms with Gasteiger partial charge in [0.2, 0.25) is 0 Å². The fraction of sp³-hybridized carbons (Fsp3) is 0.250. The highest BCUT2D eigenvalue weighted by Gasteiger charge is 2.23. The van der Waals surface area contributed by atoms with Crippen molar-refractivity contribution in [1.29, 1.82) is 0 Å². The predicted octanol–water partition coefficient (Wildman–Crippen LogP) is 3.75. The molecule has 4 aromatic heterocycles. The third kappa shape index (κ3) is 3.00. The van der Waals surface area contributed by atoms with E-state index in [4.69, 9.17) is 4.98 Å². The summed E-state index contributed by atoms with van der Waals surface area (Å²) in [6.07, 6.45) is 5.48. The first-order chi connectivity index (χ1) is 15.2. The Hall–Kier alpha value is -3.58. The lowest BCUT2D eigenvalue weighted by Gasteiger charge is -2.29. The Kier molecular flexibility index (Phi) is 4.11. The van der Waals surface area contributed by atoms with Gasteiger partial charge in [-0.05, 0) is 57.2 Å². The zero-order valence-electron chi connectivity index (χ0n) is 17.2. The van der Waals surface area contributed by atoms with Crippen molar-refractivity contribution in [2.45, 2.75) is 18.9 Å². The Morgan fingerprint density at radius 3 is 2.68 bits per heavy atom. The molecule has 6 rings (SSSR count). The van der Waals surface area contributed by atoms with Crippen LogP contribution in [0.5, 0.6) is 0 Å². The molecule has 0 amide bonds. The Bertz CT molecular complexity index is 1490. The summed E-state index contributed by atoms with van der Waals surface area (Å²) >= 11 is 0. The highest BCUT2D eigenvalue weighted by molar-refractivity contribution is 6.00. The SMILES string of the molecule is CN1CCC(n2c(=O)[nH]c3cnc4ccc(-c5cnc6ccccc6c5)nc4c32)CC1. The lowest BCUT2D eigenvalue weighted by Crippen LogP contribution is -2.34. The lowest BCUT2D eigenvalue weighted by molar-refractivity contribution is 0.222. The van der Waals surface area contributed by atoms with Crippen molar-refractivity contribution in [2.24, 2.45) is 0 Å². The van der Waals surface area contributed by atoms with Gasteiger partial charge in [0.1, 0.15) is 5.52 Å². The zero-order chi connectivity index (χ0) is 20.9. The minimum absolute atomic E-state index is 0.0848. The number of hydrogen-bond acceptors (Lipinski definition) is 5. The van der Waals surface area contributed by atoms with E-state index in [1.807, 2.05) is 41.1 Å². The number of fused-ring (bicyclic) bond motifs is 4. The quantitative estimate of drug-likeness (QED) is 0.479. The maximum absolute atomic E-state index is 12.9. The van der Waals surface area contributed by atoms with Crippen LogP contribution in [0.15, 0.2) is 59.7 Å². The summed E-state index contributed by atoms with van der Waals surface area (Å²) in [6, 6.07) is 14.3. The van der Waals surface area contributed by atoms with Crippen molar-refractivity contribution >= 4 is 33.0 Å². The first kappa shape index (κ1) is 18.2. The van der Waals surface area contributed by atoms with E-state index < -0.39 is 0 Å².